The highest BCUT2D eigenvalue weighted by Crippen LogP contribution is 2.42. The monoisotopic (exact) mass is 234 g/mol. The topological polar surface area (TPSA) is 17.1 Å². The van der Waals surface area contributed by atoms with Crippen molar-refractivity contribution in [2.45, 2.75) is 42.8 Å². The molecule has 0 amide bonds. The van der Waals surface area contributed by atoms with Crippen LogP contribution in [0.3, 0.4) is 0 Å². The number of Topliss-reactive ketones (excluding diaryl/α,β-unsaturated/α-hetero) is 1. The molecule has 1 saturated carbocycles. The van der Waals surface area contributed by atoms with Crippen LogP contribution < -0.4 is 0 Å². The normalized spacial score (nSPS) is 30.4. The summed E-state index contributed by atoms with van der Waals surface area (Å²) in [4.78, 5) is 13.4. The second-order valence-electron chi connectivity index (χ2n) is 4.80. The number of hydrogen-bond acceptors (Lipinski definition) is 2. The van der Waals surface area contributed by atoms with Crippen molar-refractivity contribution >= 4 is 17.5 Å². The summed E-state index contributed by atoms with van der Waals surface area (Å²) in [5, 5.41) is 0. The van der Waals surface area contributed by atoms with Gasteiger partial charge in [-0.25, -0.2) is 0 Å². The zero-order chi connectivity index (χ0) is 11.6. The van der Waals surface area contributed by atoms with Crippen molar-refractivity contribution in [3.8, 4) is 0 Å². The average molecular weight is 234 g/mol. The first-order valence-electron chi connectivity index (χ1n) is 5.90. The van der Waals surface area contributed by atoms with Gasteiger partial charge in [0.05, 0.1) is 4.75 Å². The minimum absolute atomic E-state index is 0.209. The van der Waals surface area contributed by atoms with Crippen LogP contribution in [0.4, 0.5) is 0 Å². The van der Waals surface area contributed by atoms with Crippen molar-refractivity contribution in [2.75, 3.05) is 0 Å². The van der Waals surface area contributed by atoms with E-state index in [0.717, 1.165) is 12.8 Å². The van der Waals surface area contributed by atoms with Crippen LogP contribution in [-0.4, -0.2) is 10.5 Å². The standard InChI is InChI=1S/C14H18OS/c1-11-7-6-10-14(2,13(11)15)16-12-8-4-3-5-9-12/h3-5,8-9,11H,6-7,10H2,1-2H3/t11-,14-/m1/s1. The molecule has 1 aromatic carbocycles. The molecule has 0 bridgehead atoms. The molecule has 2 heteroatoms. The van der Waals surface area contributed by atoms with Crippen molar-refractivity contribution in [2.24, 2.45) is 5.92 Å². The van der Waals surface area contributed by atoms with Gasteiger partial charge in [-0.05, 0) is 31.9 Å². The molecule has 0 radical (unpaired) electrons. The lowest BCUT2D eigenvalue weighted by Gasteiger charge is -2.34. The van der Waals surface area contributed by atoms with Gasteiger partial charge in [-0.3, -0.25) is 4.79 Å². The van der Waals surface area contributed by atoms with Crippen LogP contribution in [0.25, 0.3) is 0 Å². The van der Waals surface area contributed by atoms with Gasteiger partial charge in [0.2, 0.25) is 0 Å². The second-order valence-corrected chi connectivity index (χ2v) is 6.38. The van der Waals surface area contributed by atoms with Crippen LogP contribution in [0, 0.1) is 5.92 Å². The third-order valence-electron chi connectivity index (χ3n) is 3.35. The Labute approximate surface area is 102 Å². The maximum Gasteiger partial charge on any atom is 0.151 e. The van der Waals surface area contributed by atoms with Crippen LogP contribution in [0.2, 0.25) is 0 Å². The number of carbonyl (C=O) groups is 1. The zero-order valence-electron chi connectivity index (χ0n) is 9.90. The molecule has 0 N–H and O–H groups in total. The van der Waals surface area contributed by atoms with Gasteiger partial charge in [-0.15, -0.1) is 11.8 Å². The molecule has 0 aliphatic heterocycles. The van der Waals surface area contributed by atoms with E-state index in [1.807, 2.05) is 18.2 Å². The first-order valence-corrected chi connectivity index (χ1v) is 6.72. The maximum atomic E-state index is 12.2. The Morgan fingerprint density at radius 2 is 2.00 bits per heavy atom. The lowest BCUT2D eigenvalue weighted by Crippen LogP contribution is -2.39. The molecular formula is C14H18OS. The molecule has 1 aromatic rings. The highest BCUT2D eigenvalue weighted by atomic mass is 32.2. The summed E-state index contributed by atoms with van der Waals surface area (Å²) >= 11 is 1.73. The predicted molar refractivity (Wildman–Crippen MR) is 68.7 cm³/mol. The summed E-state index contributed by atoms with van der Waals surface area (Å²) in [7, 11) is 0. The van der Waals surface area contributed by atoms with E-state index in [2.05, 4.69) is 26.0 Å². The van der Waals surface area contributed by atoms with Gasteiger partial charge in [-0.2, -0.15) is 0 Å². The summed E-state index contributed by atoms with van der Waals surface area (Å²) in [6.07, 6.45) is 3.24. The molecule has 0 saturated heterocycles. The van der Waals surface area contributed by atoms with Gasteiger partial charge >= 0.3 is 0 Å². The first-order chi connectivity index (χ1) is 7.62. The van der Waals surface area contributed by atoms with E-state index >= 15 is 0 Å². The van der Waals surface area contributed by atoms with Gasteiger partial charge in [0.1, 0.15) is 0 Å². The highest BCUT2D eigenvalue weighted by Gasteiger charge is 2.39. The van der Waals surface area contributed by atoms with E-state index in [4.69, 9.17) is 0 Å². The largest absolute Gasteiger partial charge is 0.298 e. The Kier molecular flexibility index (Phi) is 3.38. The molecule has 0 unspecified atom stereocenters. The highest BCUT2D eigenvalue weighted by molar-refractivity contribution is 8.01. The molecule has 2 rings (SSSR count). The Hall–Kier alpha value is -0.760. The molecule has 16 heavy (non-hydrogen) atoms. The Balaban J connectivity index is 2.16. The Morgan fingerprint density at radius 1 is 1.31 bits per heavy atom. The fourth-order valence-electron chi connectivity index (χ4n) is 2.37. The van der Waals surface area contributed by atoms with Crippen LogP contribution in [-0.2, 0) is 4.79 Å². The lowest BCUT2D eigenvalue weighted by atomic mass is 9.81. The summed E-state index contributed by atoms with van der Waals surface area (Å²) in [5.74, 6) is 0.655. The Bertz CT molecular complexity index is 374. The number of ketones is 1. The van der Waals surface area contributed by atoms with Crippen molar-refractivity contribution < 1.29 is 4.79 Å². The molecule has 0 spiro atoms. The van der Waals surface area contributed by atoms with Crippen molar-refractivity contribution in [3.05, 3.63) is 30.3 Å². The second kappa shape index (κ2) is 4.62. The van der Waals surface area contributed by atoms with E-state index in [0.29, 0.717) is 5.78 Å². The molecule has 1 fully saturated rings. The quantitative estimate of drug-likeness (QED) is 0.771. The number of benzene rings is 1. The molecule has 86 valence electrons. The summed E-state index contributed by atoms with van der Waals surface area (Å²) < 4.78 is -0.209. The SMILES string of the molecule is C[C@@H]1CCC[C@@](C)(Sc2ccccc2)C1=O. The smallest absolute Gasteiger partial charge is 0.151 e. The summed E-state index contributed by atoms with van der Waals surface area (Å²) in [5.41, 5.74) is 0. The van der Waals surface area contributed by atoms with Crippen LogP contribution >= 0.6 is 11.8 Å². The third kappa shape index (κ3) is 2.32. The first kappa shape index (κ1) is 11.7. The van der Waals surface area contributed by atoms with Crippen molar-refractivity contribution in [1.82, 2.24) is 0 Å². The zero-order valence-corrected chi connectivity index (χ0v) is 10.7. The van der Waals surface area contributed by atoms with E-state index in [-0.39, 0.29) is 10.7 Å². The van der Waals surface area contributed by atoms with E-state index < -0.39 is 0 Å². The molecule has 1 nitrogen and oxygen atoms in total. The minimum atomic E-state index is -0.209. The van der Waals surface area contributed by atoms with E-state index in [1.165, 1.54) is 11.3 Å². The maximum absolute atomic E-state index is 12.2. The number of hydrogen-bond donors (Lipinski definition) is 0. The van der Waals surface area contributed by atoms with Gasteiger partial charge in [0, 0.05) is 10.8 Å². The number of rotatable bonds is 2. The molecule has 2 atom stereocenters. The van der Waals surface area contributed by atoms with E-state index in [1.54, 1.807) is 11.8 Å². The third-order valence-corrected chi connectivity index (χ3v) is 4.71. The van der Waals surface area contributed by atoms with Crippen molar-refractivity contribution in [3.63, 3.8) is 0 Å². The predicted octanol–water partition coefficient (Wildman–Crippen LogP) is 3.93. The van der Waals surface area contributed by atoms with Crippen molar-refractivity contribution in [1.29, 1.82) is 0 Å². The molecule has 0 aromatic heterocycles. The van der Waals surface area contributed by atoms with Crippen LogP contribution in [0.5, 0.6) is 0 Å². The molecule has 1 aliphatic rings. The van der Waals surface area contributed by atoms with Gasteiger partial charge < -0.3 is 0 Å². The van der Waals surface area contributed by atoms with Crippen LogP contribution in [0.1, 0.15) is 33.1 Å². The molecule has 0 heterocycles. The summed E-state index contributed by atoms with van der Waals surface area (Å²) in [6.45, 7) is 4.16. The Morgan fingerprint density at radius 3 is 2.69 bits per heavy atom. The fourth-order valence-corrected chi connectivity index (χ4v) is 3.73. The van der Waals surface area contributed by atoms with Crippen LogP contribution in [0.15, 0.2) is 35.2 Å². The average Bonchev–Trinajstić information content (AvgIpc) is 2.27. The fraction of sp³-hybridized carbons (Fsp3) is 0.500. The number of carbonyl (C=O) groups excluding carboxylic acids is 1. The minimum Gasteiger partial charge on any atom is -0.298 e. The number of thioether (sulfide) groups is 1. The summed E-state index contributed by atoms with van der Waals surface area (Å²) in [6, 6.07) is 10.2. The van der Waals surface area contributed by atoms with E-state index in [9.17, 15) is 4.79 Å². The molecule has 1 aliphatic carbocycles. The van der Waals surface area contributed by atoms with Gasteiger partial charge in [0.15, 0.2) is 5.78 Å². The van der Waals surface area contributed by atoms with Gasteiger partial charge in [0.25, 0.3) is 0 Å². The van der Waals surface area contributed by atoms with Gasteiger partial charge in [-0.1, -0.05) is 31.5 Å². The molecular weight excluding hydrogens is 216 g/mol. The lowest BCUT2D eigenvalue weighted by molar-refractivity contribution is -0.126.